The minimum atomic E-state index is -3.25. The van der Waals surface area contributed by atoms with Gasteiger partial charge >= 0.3 is 0 Å². The van der Waals surface area contributed by atoms with Crippen LogP contribution in [0.4, 0.5) is 5.69 Å². The number of hydrogen-bond acceptors (Lipinski definition) is 3. The summed E-state index contributed by atoms with van der Waals surface area (Å²) in [5.74, 6) is 0.955. The fourth-order valence-electron chi connectivity index (χ4n) is 1.68. The second kappa shape index (κ2) is 4.56. The number of sulfonamides is 1. The first kappa shape index (κ1) is 12.2. The highest BCUT2D eigenvalue weighted by Crippen LogP contribution is 2.32. The number of rotatable bonds is 5. The Balaban J connectivity index is 2.00. The Hall–Kier alpha value is -1.23. The summed E-state index contributed by atoms with van der Waals surface area (Å²) in [4.78, 5) is 0. The monoisotopic (exact) mass is 255 g/mol. The normalized spacial score (nSPS) is 15.8. The molecule has 2 N–H and O–H groups in total. The molecule has 0 aliphatic heterocycles. The van der Waals surface area contributed by atoms with E-state index >= 15 is 0 Å². The Morgan fingerprint density at radius 2 is 2.12 bits per heavy atom. The molecule has 0 radical (unpaired) electrons. The van der Waals surface area contributed by atoms with E-state index in [1.807, 2.05) is 0 Å². The van der Waals surface area contributed by atoms with Crippen molar-refractivity contribution in [2.24, 2.45) is 5.92 Å². The van der Waals surface area contributed by atoms with Gasteiger partial charge in [-0.3, -0.25) is 4.72 Å². The van der Waals surface area contributed by atoms with Crippen LogP contribution in [-0.4, -0.2) is 19.3 Å². The SMILES string of the molecule is Cc1cc(NS(=O)(=O)CCC2CC2)ccc1O. The summed E-state index contributed by atoms with van der Waals surface area (Å²) in [5, 5.41) is 9.35. The molecule has 0 saturated heterocycles. The van der Waals surface area contributed by atoms with Crippen LogP contribution in [0.2, 0.25) is 0 Å². The summed E-state index contributed by atoms with van der Waals surface area (Å²) in [7, 11) is -3.25. The van der Waals surface area contributed by atoms with E-state index in [2.05, 4.69) is 4.72 Å². The molecule has 2 rings (SSSR count). The summed E-state index contributed by atoms with van der Waals surface area (Å²) in [6, 6.07) is 4.69. The molecule has 4 nitrogen and oxygen atoms in total. The number of anilines is 1. The summed E-state index contributed by atoms with van der Waals surface area (Å²) in [6.45, 7) is 1.73. The molecule has 1 aliphatic carbocycles. The number of benzene rings is 1. The van der Waals surface area contributed by atoms with Crippen LogP contribution in [0.25, 0.3) is 0 Å². The summed E-state index contributed by atoms with van der Waals surface area (Å²) < 4.78 is 26.0. The van der Waals surface area contributed by atoms with Crippen molar-refractivity contribution in [3.8, 4) is 5.75 Å². The van der Waals surface area contributed by atoms with Gasteiger partial charge in [-0.2, -0.15) is 0 Å². The van der Waals surface area contributed by atoms with E-state index in [1.165, 1.54) is 6.07 Å². The van der Waals surface area contributed by atoms with Gasteiger partial charge in [0.15, 0.2) is 0 Å². The molecule has 5 heteroatoms. The minimum Gasteiger partial charge on any atom is -0.508 e. The van der Waals surface area contributed by atoms with Crippen LogP contribution in [-0.2, 0) is 10.0 Å². The van der Waals surface area contributed by atoms with Crippen LogP contribution in [0.1, 0.15) is 24.8 Å². The molecule has 0 unspecified atom stereocenters. The quantitative estimate of drug-likeness (QED) is 0.793. The van der Waals surface area contributed by atoms with E-state index in [9.17, 15) is 13.5 Å². The molecule has 94 valence electrons. The molecule has 0 spiro atoms. The topological polar surface area (TPSA) is 66.4 Å². The van der Waals surface area contributed by atoms with Crippen molar-refractivity contribution in [2.45, 2.75) is 26.2 Å². The zero-order valence-electron chi connectivity index (χ0n) is 9.81. The first-order valence-electron chi connectivity index (χ1n) is 5.76. The van der Waals surface area contributed by atoms with Crippen LogP contribution in [0, 0.1) is 12.8 Å². The highest BCUT2D eigenvalue weighted by Gasteiger charge is 2.23. The van der Waals surface area contributed by atoms with Crippen LogP contribution >= 0.6 is 0 Å². The fourth-order valence-corrected chi connectivity index (χ4v) is 2.91. The van der Waals surface area contributed by atoms with E-state index in [0.717, 1.165) is 19.3 Å². The maximum atomic E-state index is 11.8. The van der Waals surface area contributed by atoms with Gasteiger partial charge in [0.05, 0.1) is 5.75 Å². The van der Waals surface area contributed by atoms with Gasteiger partial charge in [0.2, 0.25) is 10.0 Å². The standard InChI is InChI=1S/C12H17NO3S/c1-9-8-11(4-5-12(9)14)13-17(15,16)7-6-10-2-3-10/h4-5,8,10,13-14H,2-3,6-7H2,1H3. The lowest BCUT2D eigenvalue weighted by molar-refractivity contribution is 0.471. The third-order valence-electron chi connectivity index (χ3n) is 2.96. The van der Waals surface area contributed by atoms with Crippen molar-refractivity contribution in [2.75, 3.05) is 10.5 Å². The van der Waals surface area contributed by atoms with Crippen LogP contribution in [0.15, 0.2) is 18.2 Å². The third kappa shape index (κ3) is 3.63. The number of aryl methyl sites for hydroxylation is 1. The Kier molecular flexibility index (Phi) is 3.28. The Morgan fingerprint density at radius 1 is 1.41 bits per heavy atom. The first-order valence-corrected chi connectivity index (χ1v) is 7.41. The van der Waals surface area contributed by atoms with Gasteiger partial charge < -0.3 is 5.11 Å². The van der Waals surface area contributed by atoms with Crippen molar-refractivity contribution in [3.05, 3.63) is 23.8 Å². The predicted molar refractivity (Wildman–Crippen MR) is 67.6 cm³/mol. The lowest BCUT2D eigenvalue weighted by Crippen LogP contribution is -2.17. The number of phenols is 1. The molecule has 1 fully saturated rings. The zero-order chi connectivity index (χ0) is 12.5. The van der Waals surface area contributed by atoms with Crippen LogP contribution in [0.5, 0.6) is 5.75 Å². The van der Waals surface area contributed by atoms with Gasteiger partial charge in [-0.1, -0.05) is 12.8 Å². The summed E-state index contributed by atoms with van der Waals surface area (Å²) in [5.41, 5.74) is 1.17. The molecule has 1 aromatic carbocycles. The van der Waals surface area contributed by atoms with Crippen molar-refractivity contribution in [3.63, 3.8) is 0 Å². The van der Waals surface area contributed by atoms with E-state index in [1.54, 1.807) is 19.1 Å². The van der Waals surface area contributed by atoms with Gasteiger partial charge in [0, 0.05) is 5.69 Å². The van der Waals surface area contributed by atoms with Crippen LogP contribution in [0.3, 0.4) is 0 Å². The molecule has 0 aromatic heterocycles. The number of nitrogens with one attached hydrogen (secondary N) is 1. The van der Waals surface area contributed by atoms with Crippen molar-refractivity contribution in [1.29, 1.82) is 0 Å². The molecule has 1 aliphatic rings. The summed E-state index contributed by atoms with van der Waals surface area (Å²) in [6.07, 6.45) is 3.06. The van der Waals surface area contributed by atoms with E-state index in [0.29, 0.717) is 17.2 Å². The molecule has 0 atom stereocenters. The van der Waals surface area contributed by atoms with Gasteiger partial charge in [-0.25, -0.2) is 8.42 Å². The molecular formula is C12H17NO3S. The number of phenolic OH excluding ortho intramolecular Hbond substituents is 1. The molecule has 17 heavy (non-hydrogen) atoms. The van der Waals surface area contributed by atoms with Crippen molar-refractivity contribution >= 4 is 15.7 Å². The highest BCUT2D eigenvalue weighted by atomic mass is 32.2. The van der Waals surface area contributed by atoms with E-state index < -0.39 is 10.0 Å². The molecule has 0 heterocycles. The molecule has 0 bridgehead atoms. The van der Waals surface area contributed by atoms with E-state index in [4.69, 9.17) is 0 Å². The summed E-state index contributed by atoms with van der Waals surface area (Å²) >= 11 is 0. The smallest absolute Gasteiger partial charge is 0.232 e. The average molecular weight is 255 g/mol. The first-order chi connectivity index (χ1) is 7.96. The van der Waals surface area contributed by atoms with E-state index in [-0.39, 0.29) is 11.5 Å². The minimum absolute atomic E-state index is 0.172. The number of aromatic hydroxyl groups is 1. The van der Waals surface area contributed by atoms with Gasteiger partial charge in [0.1, 0.15) is 5.75 Å². The Morgan fingerprint density at radius 3 is 2.71 bits per heavy atom. The Bertz CT molecular complexity index is 506. The third-order valence-corrected chi connectivity index (χ3v) is 4.28. The van der Waals surface area contributed by atoms with Crippen molar-refractivity contribution < 1.29 is 13.5 Å². The molecule has 1 aromatic rings. The lowest BCUT2D eigenvalue weighted by Gasteiger charge is -2.09. The molecular weight excluding hydrogens is 238 g/mol. The van der Waals surface area contributed by atoms with Gasteiger partial charge in [-0.05, 0) is 43.0 Å². The Labute approximate surface area is 102 Å². The second-order valence-corrected chi connectivity index (χ2v) is 6.50. The molecule has 0 amide bonds. The second-order valence-electron chi connectivity index (χ2n) is 4.65. The zero-order valence-corrected chi connectivity index (χ0v) is 10.6. The van der Waals surface area contributed by atoms with Crippen molar-refractivity contribution in [1.82, 2.24) is 0 Å². The van der Waals surface area contributed by atoms with Gasteiger partial charge in [0.25, 0.3) is 0 Å². The predicted octanol–water partition coefficient (Wildman–Crippen LogP) is 2.24. The fraction of sp³-hybridized carbons (Fsp3) is 0.500. The largest absolute Gasteiger partial charge is 0.508 e. The molecule has 1 saturated carbocycles. The maximum absolute atomic E-state index is 11.8. The lowest BCUT2D eigenvalue weighted by atomic mass is 10.2. The average Bonchev–Trinajstić information content (AvgIpc) is 3.04. The number of hydrogen-bond donors (Lipinski definition) is 2. The van der Waals surface area contributed by atoms with Gasteiger partial charge in [-0.15, -0.1) is 0 Å². The maximum Gasteiger partial charge on any atom is 0.232 e. The van der Waals surface area contributed by atoms with Crippen LogP contribution < -0.4 is 4.72 Å². The highest BCUT2D eigenvalue weighted by molar-refractivity contribution is 7.92.